The number of nitro groups is 1. The van der Waals surface area contributed by atoms with Gasteiger partial charge in [-0.2, -0.15) is 5.10 Å². The molecule has 1 unspecified atom stereocenters. The lowest BCUT2D eigenvalue weighted by Crippen LogP contribution is -2.42. The van der Waals surface area contributed by atoms with E-state index in [2.05, 4.69) is 26.3 Å². The van der Waals surface area contributed by atoms with Crippen LogP contribution in [0.1, 0.15) is 17.4 Å². The van der Waals surface area contributed by atoms with Gasteiger partial charge in [-0.25, -0.2) is 9.69 Å². The molecule has 0 spiro atoms. The molecule has 160 valence electrons. The van der Waals surface area contributed by atoms with Gasteiger partial charge in [-0.3, -0.25) is 19.6 Å². The number of aromatic nitrogens is 2. The first-order valence-corrected chi connectivity index (χ1v) is 11.4. The summed E-state index contributed by atoms with van der Waals surface area (Å²) in [6, 6.07) is 11.7. The Morgan fingerprint density at radius 3 is 2.90 bits per heavy atom. The third-order valence-corrected chi connectivity index (χ3v) is 6.84. The number of amides is 3. The van der Waals surface area contributed by atoms with Gasteiger partial charge in [0.25, 0.3) is 5.69 Å². The predicted octanol–water partition coefficient (Wildman–Crippen LogP) is 4.08. The molecule has 31 heavy (non-hydrogen) atoms. The minimum absolute atomic E-state index is 0.00529. The Labute approximate surface area is 190 Å². The number of halogens is 1. The molecule has 1 aliphatic rings. The molecule has 0 radical (unpaired) electrons. The number of hydrogen-bond acceptors (Lipinski definition) is 6. The molecule has 1 aromatic heterocycles. The second-order valence-corrected chi connectivity index (χ2v) is 8.82. The van der Waals surface area contributed by atoms with Gasteiger partial charge in [0.15, 0.2) is 0 Å². The minimum atomic E-state index is -0.441. The molecule has 9 nitrogen and oxygen atoms in total. The number of fused-ring (bicyclic) bond motifs is 1. The second kappa shape index (κ2) is 9.06. The van der Waals surface area contributed by atoms with E-state index >= 15 is 0 Å². The van der Waals surface area contributed by atoms with Gasteiger partial charge in [0, 0.05) is 35.1 Å². The molecule has 0 aliphatic carbocycles. The zero-order valence-electron chi connectivity index (χ0n) is 16.2. The Morgan fingerprint density at radius 1 is 1.32 bits per heavy atom. The lowest BCUT2D eigenvalue weighted by molar-refractivity contribution is -0.384. The van der Waals surface area contributed by atoms with Crippen LogP contribution >= 0.6 is 27.7 Å². The van der Waals surface area contributed by atoms with Gasteiger partial charge >= 0.3 is 6.03 Å². The van der Waals surface area contributed by atoms with Crippen LogP contribution in [0.25, 0.3) is 10.9 Å². The number of carbonyl (C=O) groups is 2. The van der Waals surface area contributed by atoms with Crippen molar-refractivity contribution < 1.29 is 14.5 Å². The van der Waals surface area contributed by atoms with Crippen molar-refractivity contribution in [2.75, 3.05) is 12.3 Å². The molecule has 3 amide bonds. The van der Waals surface area contributed by atoms with E-state index in [1.165, 1.54) is 28.8 Å². The minimum Gasteiger partial charge on any atom is -0.338 e. The SMILES string of the molecule is O=C1CSC(c2ccccc2Br)N1C(=O)NCCCn1ncc2ccc([N+](=O)[O-])cc21. The van der Waals surface area contributed by atoms with Crippen molar-refractivity contribution in [3.8, 4) is 0 Å². The van der Waals surface area contributed by atoms with Crippen LogP contribution in [0.15, 0.2) is 53.1 Å². The van der Waals surface area contributed by atoms with Crippen LogP contribution < -0.4 is 5.32 Å². The van der Waals surface area contributed by atoms with E-state index in [1.54, 1.807) is 16.9 Å². The van der Waals surface area contributed by atoms with E-state index in [0.29, 0.717) is 25.0 Å². The molecule has 1 aliphatic heterocycles. The molecule has 0 saturated carbocycles. The summed E-state index contributed by atoms with van der Waals surface area (Å²) in [5.74, 6) is 0.0194. The van der Waals surface area contributed by atoms with Gasteiger partial charge in [0.2, 0.25) is 5.91 Å². The van der Waals surface area contributed by atoms with E-state index < -0.39 is 11.0 Å². The van der Waals surface area contributed by atoms with E-state index in [9.17, 15) is 19.7 Å². The highest BCUT2D eigenvalue weighted by atomic mass is 79.9. The number of nitrogens with zero attached hydrogens (tertiary/aromatic N) is 4. The highest BCUT2D eigenvalue weighted by Crippen LogP contribution is 2.41. The first-order chi connectivity index (χ1) is 15.0. The van der Waals surface area contributed by atoms with Crippen molar-refractivity contribution in [1.29, 1.82) is 0 Å². The number of rotatable bonds is 6. The Balaban J connectivity index is 1.37. The normalized spacial score (nSPS) is 16.1. The summed E-state index contributed by atoms with van der Waals surface area (Å²) in [4.78, 5) is 36.9. The van der Waals surface area contributed by atoms with Crippen molar-refractivity contribution in [1.82, 2.24) is 20.0 Å². The maximum Gasteiger partial charge on any atom is 0.325 e. The Morgan fingerprint density at radius 2 is 2.13 bits per heavy atom. The monoisotopic (exact) mass is 503 g/mol. The van der Waals surface area contributed by atoms with Gasteiger partial charge in [-0.15, -0.1) is 11.8 Å². The van der Waals surface area contributed by atoms with E-state index in [4.69, 9.17) is 0 Å². The number of carbonyl (C=O) groups excluding carboxylic acids is 2. The van der Waals surface area contributed by atoms with Gasteiger partial charge in [-0.05, 0) is 24.1 Å². The first kappa shape index (κ1) is 21.3. The third kappa shape index (κ3) is 4.42. The van der Waals surface area contributed by atoms with Gasteiger partial charge < -0.3 is 5.32 Å². The van der Waals surface area contributed by atoms with Crippen LogP contribution in [-0.4, -0.2) is 43.8 Å². The Hall–Kier alpha value is -2.92. The maximum atomic E-state index is 12.7. The lowest BCUT2D eigenvalue weighted by atomic mass is 10.2. The van der Waals surface area contributed by atoms with Gasteiger partial charge in [0.1, 0.15) is 5.37 Å². The number of thioether (sulfide) groups is 1. The Kier molecular flexibility index (Phi) is 6.23. The number of imide groups is 1. The molecule has 1 N–H and O–H groups in total. The average Bonchev–Trinajstić information content (AvgIpc) is 3.34. The number of nitrogens with one attached hydrogen (secondary N) is 1. The highest BCUT2D eigenvalue weighted by molar-refractivity contribution is 9.10. The fourth-order valence-electron chi connectivity index (χ4n) is 3.41. The van der Waals surface area contributed by atoms with Gasteiger partial charge in [0.05, 0.1) is 22.4 Å². The molecule has 2 heterocycles. The molecular formula is C20H18BrN5O4S. The van der Waals surface area contributed by atoms with Crippen molar-refractivity contribution in [2.45, 2.75) is 18.3 Å². The Bertz CT molecular complexity index is 1170. The third-order valence-electron chi connectivity index (χ3n) is 4.92. The highest BCUT2D eigenvalue weighted by Gasteiger charge is 2.38. The zero-order valence-corrected chi connectivity index (χ0v) is 18.6. The van der Waals surface area contributed by atoms with Crippen molar-refractivity contribution >= 4 is 56.2 Å². The molecule has 4 rings (SSSR count). The van der Waals surface area contributed by atoms with E-state index in [-0.39, 0.29) is 22.7 Å². The van der Waals surface area contributed by atoms with Crippen LogP contribution in [0.2, 0.25) is 0 Å². The van der Waals surface area contributed by atoms with Crippen molar-refractivity contribution in [3.63, 3.8) is 0 Å². The van der Waals surface area contributed by atoms with Crippen molar-refractivity contribution in [3.05, 3.63) is 68.8 Å². The number of nitro benzene ring substituents is 1. The molecule has 1 atom stereocenters. The fraction of sp³-hybridized carbons (Fsp3) is 0.250. The molecule has 11 heteroatoms. The van der Waals surface area contributed by atoms with E-state index in [1.807, 2.05) is 24.3 Å². The summed E-state index contributed by atoms with van der Waals surface area (Å²) in [5, 5.41) is 18.5. The molecule has 3 aromatic rings. The zero-order chi connectivity index (χ0) is 22.0. The molecule has 0 bridgehead atoms. The second-order valence-electron chi connectivity index (χ2n) is 6.90. The number of aryl methyl sites for hydroxylation is 1. The average molecular weight is 504 g/mol. The lowest BCUT2D eigenvalue weighted by Gasteiger charge is -2.23. The number of hydrogen-bond donors (Lipinski definition) is 1. The van der Waals surface area contributed by atoms with Gasteiger partial charge in [-0.1, -0.05) is 34.1 Å². The van der Waals surface area contributed by atoms with Crippen LogP contribution in [0.4, 0.5) is 10.5 Å². The quantitative estimate of drug-likeness (QED) is 0.308. The summed E-state index contributed by atoms with van der Waals surface area (Å²) in [7, 11) is 0. The molecular weight excluding hydrogens is 486 g/mol. The summed E-state index contributed by atoms with van der Waals surface area (Å²) in [6.45, 7) is 0.813. The topological polar surface area (TPSA) is 110 Å². The fourth-order valence-corrected chi connectivity index (χ4v) is 5.25. The standard InChI is InChI=1S/C20H18BrN5O4S/c21-16-5-2-1-4-15(16)19-25(18(27)12-31-19)20(28)22-8-3-9-24-17-10-14(26(29)30)7-6-13(17)11-23-24/h1-2,4-7,10-11,19H,3,8-9,12H2,(H,22,28). The maximum absolute atomic E-state index is 12.7. The van der Waals surface area contributed by atoms with Crippen LogP contribution in [0.5, 0.6) is 0 Å². The largest absolute Gasteiger partial charge is 0.338 e. The van der Waals surface area contributed by atoms with Crippen molar-refractivity contribution in [2.24, 2.45) is 0 Å². The summed E-state index contributed by atoms with van der Waals surface area (Å²) in [6.07, 6.45) is 2.21. The van der Waals surface area contributed by atoms with Crippen LogP contribution in [-0.2, 0) is 11.3 Å². The summed E-state index contributed by atoms with van der Waals surface area (Å²) in [5.41, 5.74) is 1.55. The summed E-state index contributed by atoms with van der Waals surface area (Å²) >= 11 is 4.90. The van der Waals surface area contributed by atoms with Crippen LogP contribution in [0, 0.1) is 10.1 Å². The van der Waals surface area contributed by atoms with Crippen LogP contribution in [0.3, 0.4) is 0 Å². The molecule has 2 aromatic carbocycles. The van der Waals surface area contributed by atoms with E-state index in [0.717, 1.165) is 15.4 Å². The number of urea groups is 1. The molecule has 1 fully saturated rings. The first-order valence-electron chi connectivity index (χ1n) is 9.51. The number of benzene rings is 2. The predicted molar refractivity (Wildman–Crippen MR) is 121 cm³/mol. The summed E-state index contributed by atoms with van der Waals surface area (Å²) < 4.78 is 2.52. The molecule has 1 saturated heterocycles. The smallest absolute Gasteiger partial charge is 0.325 e. The number of non-ortho nitro benzene ring substituents is 1.